The van der Waals surface area contributed by atoms with Crippen molar-refractivity contribution in [2.45, 2.75) is 13.5 Å². The van der Waals surface area contributed by atoms with E-state index in [0.717, 1.165) is 11.3 Å². The molecule has 110 valence electrons. The topological polar surface area (TPSA) is 46.9 Å². The molecule has 0 atom stereocenters. The first-order chi connectivity index (χ1) is 10.7. The number of nitrogens with one attached hydrogen (secondary N) is 1. The number of amides is 1. The molecule has 0 saturated carbocycles. The fourth-order valence-corrected chi connectivity index (χ4v) is 2.20. The Bertz CT molecular complexity index is 761. The van der Waals surface area contributed by atoms with E-state index in [1.54, 1.807) is 16.9 Å². The molecule has 1 N–H and O–H groups in total. The summed E-state index contributed by atoms with van der Waals surface area (Å²) in [5.74, 6) is -0.0884. The van der Waals surface area contributed by atoms with Crippen LogP contribution in [0.2, 0.25) is 0 Å². The standard InChI is InChI=1S/C18H17N3O/c1-14-6-8-15(9-7-14)13-19-18(22)16-4-2-5-17(12-16)21-11-3-10-20-21/h2-12H,13H2,1H3,(H,19,22). The second kappa shape index (κ2) is 6.26. The highest BCUT2D eigenvalue weighted by Gasteiger charge is 2.07. The summed E-state index contributed by atoms with van der Waals surface area (Å²) in [6.45, 7) is 2.56. The predicted molar refractivity (Wildman–Crippen MR) is 85.9 cm³/mol. The van der Waals surface area contributed by atoms with Crippen molar-refractivity contribution in [3.63, 3.8) is 0 Å². The molecule has 1 aromatic heterocycles. The molecule has 3 aromatic rings. The Morgan fingerprint density at radius 1 is 1.14 bits per heavy atom. The third-order valence-electron chi connectivity index (χ3n) is 3.45. The van der Waals surface area contributed by atoms with Gasteiger partial charge in [0.1, 0.15) is 0 Å². The number of aromatic nitrogens is 2. The van der Waals surface area contributed by atoms with Crippen LogP contribution in [-0.4, -0.2) is 15.7 Å². The van der Waals surface area contributed by atoms with Gasteiger partial charge in [0.05, 0.1) is 5.69 Å². The number of aryl methyl sites for hydroxylation is 1. The Hall–Kier alpha value is -2.88. The van der Waals surface area contributed by atoms with Crippen molar-refractivity contribution >= 4 is 5.91 Å². The molecule has 0 aliphatic rings. The van der Waals surface area contributed by atoms with Crippen molar-refractivity contribution in [3.05, 3.63) is 83.7 Å². The summed E-state index contributed by atoms with van der Waals surface area (Å²) in [6, 6.07) is 17.4. The number of hydrogen-bond acceptors (Lipinski definition) is 2. The van der Waals surface area contributed by atoms with E-state index in [1.165, 1.54) is 5.56 Å². The lowest BCUT2D eigenvalue weighted by molar-refractivity contribution is 0.0951. The first-order valence-corrected chi connectivity index (χ1v) is 7.16. The smallest absolute Gasteiger partial charge is 0.251 e. The molecule has 0 bridgehead atoms. The molecule has 0 spiro atoms. The second-order valence-electron chi connectivity index (χ2n) is 5.17. The first kappa shape index (κ1) is 14.1. The average Bonchev–Trinajstić information content (AvgIpc) is 3.09. The third-order valence-corrected chi connectivity index (χ3v) is 3.45. The van der Waals surface area contributed by atoms with E-state index in [4.69, 9.17) is 0 Å². The van der Waals surface area contributed by atoms with Gasteiger partial charge in [-0.15, -0.1) is 0 Å². The van der Waals surface area contributed by atoms with Crippen LogP contribution in [0.1, 0.15) is 21.5 Å². The van der Waals surface area contributed by atoms with Crippen LogP contribution in [0.15, 0.2) is 67.0 Å². The number of carbonyl (C=O) groups excluding carboxylic acids is 1. The van der Waals surface area contributed by atoms with Crippen LogP contribution < -0.4 is 5.32 Å². The van der Waals surface area contributed by atoms with Gasteiger partial charge >= 0.3 is 0 Å². The molecule has 22 heavy (non-hydrogen) atoms. The van der Waals surface area contributed by atoms with Gasteiger partial charge in [0.25, 0.3) is 5.91 Å². The van der Waals surface area contributed by atoms with Crippen LogP contribution in [-0.2, 0) is 6.54 Å². The average molecular weight is 291 g/mol. The largest absolute Gasteiger partial charge is 0.348 e. The van der Waals surface area contributed by atoms with E-state index >= 15 is 0 Å². The Kier molecular flexibility index (Phi) is 4.01. The molecular weight excluding hydrogens is 274 g/mol. The summed E-state index contributed by atoms with van der Waals surface area (Å²) in [6.07, 6.45) is 3.56. The van der Waals surface area contributed by atoms with E-state index in [2.05, 4.69) is 10.4 Å². The summed E-state index contributed by atoms with van der Waals surface area (Å²) in [5, 5.41) is 7.11. The van der Waals surface area contributed by atoms with Crippen molar-refractivity contribution in [1.82, 2.24) is 15.1 Å². The van der Waals surface area contributed by atoms with E-state index in [0.29, 0.717) is 12.1 Å². The number of nitrogens with zero attached hydrogens (tertiary/aromatic N) is 2. The summed E-state index contributed by atoms with van der Waals surface area (Å²) in [5.41, 5.74) is 3.79. The predicted octanol–water partition coefficient (Wildman–Crippen LogP) is 3.11. The zero-order valence-corrected chi connectivity index (χ0v) is 12.4. The third kappa shape index (κ3) is 3.23. The molecule has 2 aromatic carbocycles. The first-order valence-electron chi connectivity index (χ1n) is 7.16. The highest BCUT2D eigenvalue weighted by molar-refractivity contribution is 5.94. The molecule has 4 heteroatoms. The molecule has 1 amide bonds. The zero-order chi connectivity index (χ0) is 15.4. The van der Waals surface area contributed by atoms with E-state index < -0.39 is 0 Å². The number of hydrogen-bond donors (Lipinski definition) is 1. The Morgan fingerprint density at radius 2 is 1.95 bits per heavy atom. The summed E-state index contributed by atoms with van der Waals surface area (Å²) in [4.78, 5) is 12.3. The van der Waals surface area contributed by atoms with Crippen LogP contribution >= 0.6 is 0 Å². The fourth-order valence-electron chi connectivity index (χ4n) is 2.20. The van der Waals surface area contributed by atoms with Gasteiger partial charge in [-0.1, -0.05) is 35.9 Å². The van der Waals surface area contributed by atoms with Gasteiger partial charge in [-0.25, -0.2) is 4.68 Å². The van der Waals surface area contributed by atoms with Crippen molar-refractivity contribution < 1.29 is 4.79 Å². The number of benzene rings is 2. The second-order valence-corrected chi connectivity index (χ2v) is 5.17. The molecule has 0 fully saturated rings. The molecule has 3 rings (SSSR count). The van der Waals surface area contributed by atoms with Crippen LogP contribution in [0, 0.1) is 6.92 Å². The minimum absolute atomic E-state index is 0.0884. The molecule has 0 aliphatic heterocycles. The fraction of sp³-hybridized carbons (Fsp3) is 0.111. The molecule has 0 saturated heterocycles. The molecule has 1 heterocycles. The van der Waals surface area contributed by atoms with E-state index in [9.17, 15) is 4.79 Å². The Labute approximate surface area is 129 Å². The minimum atomic E-state index is -0.0884. The van der Waals surface area contributed by atoms with E-state index in [-0.39, 0.29) is 5.91 Å². The molecule has 0 unspecified atom stereocenters. The Morgan fingerprint density at radius 3 is 2.68 bits per heavy atom. The highest BCUT2D eigenvalue weighted by atomic mass is 16.1. The van der Waals surface area contributed by atoms with Crippen LogP contribution in [0.3, 0.4) is 0 Å². The van der Waals surface area contributed by atoms with Crippen molar-refractivity contribution in [2.75, 3.05) is 0 Å². The van der Waals surface area contributed by atoms with Crippen molar-refractivity contribution in [2.24, 2.45) is 0 Å². The van der Waals surface area contributed by atoms with Gasteiger partial charge < -0.3 is 5.32 Å². The summed E-state index contributed by atoms with van der Waals surface area (Å²) < 4.78 is 1.73. The molecular formula is C18H17N3O. The molecule has 4 nitrogen and oxygen atoms in total. The quantitative estimate of drug-likeness (QED) is 0.803. The lowest BCUT2D eigenvalue weighted by Crippen LogP contribution is -2.22. The van der Waals surface area contributed by atoms with Gasteiger partial charge in [-0.2, -0.15) is 5.10 Å². The maximum Gasteiger partial charge on any atom is 0.251 e. The summed E-state index contributed by atoms with van der Waals surface area (Å²) in [7, 11) is 0. The zero-order valence-electron chi connectivity index (χ0n) is 12.4. The van der Waals surface area contributed by atoms with Crippen LogP contribution in [0.25, 0.3) is 5.69 Å². The normalized spacial score (nSPS) is 10.4. The molecule has 0 radical (unpaired) electrons. The maximum absolute atomic E-state index is 12.3. The van der Waals surface area contributed by atoms with Gasteiger partial charge in [0.15, 0.2) is 0 Å². The monoisotopic (exact) mass is 291 g/mol. The van der Waals surface area contributed by atoms with Gasteiger partial charge in [0, 0.05) is 24.5 Å². The van der Waals surface area contributed by atoms with Crippen molar-refractivity contribution in [3.8, 4) is 5.69 Å². The highest BCUT2D eigenvalue weighted by Crippen LogP contribution is 2.10. The number of rotatable bonds is 4. The summed E-state index contributed by atoms with van der Waals surface area (Å²) >= 11 is 0. The van der Waals surface area contributed by atoms with Crippen molar-refractivity contribution in [1.29, 1.82) is 0 Å². The Balaban J connectivity index is 1.70. The van der Waals surface area contributed by atoms with Gasteiger partial charge in [0.2, 0.25) is 0 Å². The van der Waals surface area contributed by atoms with Gasteiger partial charge in [-0.3, -0.25) is 4.79 Å². The molecule has 0 aliphatic carbocycles. The lowest BCUT2D eigenvalue weighted by atomic mass is 10.1. The lowest BCUT2D eigenvalue weighted by Gasteiger charge is -2.07. The van der Waals surface area contributed by atoms with Gasteiger partial charge in [-0.05, 0) is 36.8 Å². The van der Waals surface area contributed by atoms with Crippen LogP contribution in [0.5, 0.6) is 0 Å². The number of carbonyl (C=O) groups is 1. The minimum Gasteiger partial charge on any atom is -0.348 e. The maximum atomic E-state index is 12.3. The SMILES string of the molecule is Cc1ccc(CNC(=O)c2cccc(-n3cccn3)c2)cc1. The van der Waals surface area contributed by atoms with Crippen LogP contribution in [0.4, 0.5) is 0 Å². The van der Waals surface area contributed by atoms with E-state index in [1.807, 2.05) is 61.7 Å².